The van der Waals surface area contributed by atoms with Crippen molar-refractivity contribution >= 4 is 17.3 Å². The third-order valence-electron chi connectivity index (χ3n) is 4.74. The summed E-state index contributed by atoms with van der Waals surface area (Å²) in [4.78, 5) is 31.5. The fourth-order valence-corrected chi connectivity index (χ4v) is 3.32. The molecule has 0 bridgehead atoms. The van der Waals surface area contributed by atoms with E-state index >= 15 is 0 Å². The van der Waals surface area contributed by atoms with Gasteiger partial charge in [0.1, 0.15) is 5.82 Å². The zero-order valence-electron chi connectivity index (χ0n) is 14.7. The summed E-state index contributed by atoms with van der Waals surface area (Å²) >= 11 is 0. The van der Waals surface area contributed by atoms with Crippen LogP contribution in [0.15, 0.2) is 48.7 Å². The minimum atomic E-state index is -0.458. The van der Waals surface area contributed by atoms with Crippen molar-refractivity contribution < 1.29 is 14.0 Å². The largest absolute Gasteiger partial charge is 0.345 e. The van der Waals surface area contributed by atoms with Gasteiger partial charge >= 0.3 is 0 Å². The smallest absolute Gasteiger partial charge is 0.287 e. The first-order chi connectivity index (χ1) is 13.1. The molecule has 138 valence electrons. The van der Waals surface area contributed by atoms with Crippen molar-refractivity contribution in [2.75, 3.05) is 13.1 Å². The number of nitrogens with zero attached hydrogens (tertiary/aromatic N) is 3. The van der Waals surface area contributed by atoms with Crippen molar-refractivity contribution in [3.8, 4) is 0 Å². The molecule has 1 aliphatic heterocycles. The summed E-state index contributed by atoms with van der Waals surface area (Å²) < 4.78 is 15.4. The summed E-state index contributed by atoms with van der Waals surface area (Å²) in [5, 5.41) is 2.68. The van der Waals surface area contributed by atoms with Gasteiger partial charge in [0.05, 0.1) is 5.52 Å². The maximum atomic E-state index is 13.8. The van der Waals surface area contributed by atoms with E-state index in [2.05, 4.69) is 10.3 Å². The molecular formula is C20H19FN4O2. The van der Waals surface area contributed by atoms with Crippen LogP contribution < -0.4 is 5.32 Å². The molecule has 6 nitrogen and oxygen atoms in total. The number of aromatic nitrogens is 2. The van der Waals surface area contributed by atoms with Crippen molar-refractivity contribution in [2.24, 2.45) is 0 Å². The molecule has 0 aliphatic carbocycles. The van der Waals surface area contributed by atoms with E-state index in [1.165, 1.54) is 6.07 Å². The molecule has 0 radical (unpaired) electrons. The van der Waals surface area contributed by atoms with Gasteiger partial charge in [0, 0.05) is 31.4 Å². The maximum Gasteiger partial charge on any atom is 0.287 e. The average molecular weight is 366 g/mol. The molecule has 2 aromatic heterocycles. The van der Waals surface area contributed by atoms with E-state index in [0.29, 0.717) is 24.2 Å². The van der Waals surface area contributed by atoms with Gasteiger partial charge in [-0.1, -0.05) is 24.3 Å². The second kappa shape index (κ2) is 7.19. The monoisotopic (exact) mass is 366 g/mol. The van der Waals surface area contributed by atoms with Crippen LogP contribution >= 0.6 is 0 Å². The van der Waals surface area contributed by atoms with Gasteiger partial charge in [-0.2, -0.15) is 0 Å². The van der Waals surface area contributed by atoms with E-state index < -0.39 is 5.91 Å². The lowest BCUT2D eigenvalue weighted by Gasteiger charge is -2.13. The lowest BCUT2D eigenvalue weighted by molar-refractivity contribution is 0.0789. The Morgan fingerprint density at radius 2 is 1.81 bits per heavy atom. The first kappa shape index (κ1) is 17.2. The lowest BCUT2D eigenvalue weighted by atomic mass is 10.2. The molecule has 4 rings (SSSR count). The first-order valence-corrected chi connectivity index (χ1v) is 8.93. The van der Waals surface area contributed by atoms with Crippen molar-refractivity contribution in [1.29, 1.82) is 0 Å². The molecule has 3 aromatic rings. The molecule has 1 N–H and O–H groups in total. The number of imidazole rings is 1. The molecule has 1 fully saturated rings. The predicted molar refractivity (Wildman–Crippen MR) is 97.9 cm³/mol. The van der Waals surface area contributed by atoms with E-state index in [4.69, 9.17) is 0 Å². The van der Waals surface area contributed by atoms with Gasteiger partial charge in [-0.15, -0.1) is 0 Å². The number of pyridine rings is 1. The normalized spacial score (nSPS) is 13.9. The van der Waals surface area contributed by atoms with Crippen LogP contribution in [0.3, 0.4) is 0 Å². The number of hydrogen-bond donors (Lipinski definition) is 1. The molecule has 1 saturated heterocycles. The number of carbonyl (C=O) groups excluding carboxylic acids is 2. The predicted octanol–water partition coefficient (Wildman–Crippen LogP) is 2.64. The third kappa shape index (κ3) is 3.28. The van der Waals surface area contributed by atoms with E-state index in [1.54, 1.807) is 51.9 Å². The molecule has 1 aliphatic rings. The minimum Gasteiger partial charge on any atom is -0.345 e. The Morgan fingerprint density at radius 1 is 1.07 bits per heavy atom. The van der Waals surface area contributed by atoms with Crippen molar-refractivity contribution in [3.63, 3.8) is 0 Å². The Bertz CT molecular complexity index is 1010. The third-order valence-corrected chi connectivity index (χ3v) is 4.74. The standard InChI is InChI=1S/C20H19FN4O2/c21-15-8-2-1-7-14(15)13-22-19(26)18-23-17(16-9-3-4-12-25(16)18)20(27)24-10-5-6-11-24/h1-4,7-9,12H,5-6,10-11,13H2,(H,22,26). The highest BCUT2D eigenvalue weighted by Crippen LogP contribution is 2.18. The molecule has 27 heavy (non-hydrogen) atoms. The minimum absolute atomic E-state index is 0.0443. The van der Waals surface area contributed by atoms with Gasteiger partial charge in [0.15, 0.2) is 5.69 Å². The second-order valence-electron chi connectivity index (χ2n) is 6.51. The van der Waals surface area contributed by atoms with Gasteiger partial charge in [-0.3, -0.25) is 14.0 Å². The van der Waals surface area contributed by atoms with Crippen LogP contribution in [-0.4, -0.2) is 39.2 Å². The number of benzene rings is 1. The molecule has 0 unspecified atom stereocenters. The molecule has 0 atom stereocenters. The fraction of sp³-hybridized carbons (Fsp3) is 0.250. The highest BCUT2D eigenvalue weighted by molar-refractivity contribution is 6.02. The summed E-state index contributed by atoms with van der Waals surface area (Å²) in [6.45, 7) is 1.46. The topological polar surface area (TPSA) is 66.7 Å². The Hall–Kier alpha value is -3.22. The SMILES string of the molecule is O=C(NCc1ccccc1F)c1nc(C(=O)N2CCCC2)c2ccccn12. The molecular weight excluding hydrogens is 347 g/mol. The number of nitrogens with one attached hydrogen (secondary N) is 1. The molecule has 3 heterocycles. The summed E-state index contributed by atoms with van der Waals surface area (Å²) in [6, 6.07) is 11.6. The molecule has 0 saturated carbocycles. The summed E-state index contributed by atoms with van der Waals surface area (Å²) in [6.07, 6.45) is 3.65. The van der Waals surface area contributed by atoms with Gasteiger partial charge in [-0.25, -0.2) is 9.37 Å². The Morgan fingerprint density at radius 3 is 2.59 bits per heavy atom. The highest BCUT2D eigenvalue weighted by atomic mass is 19.1. The van der Waals surface area contributed by atoms with Gasteiger partial charge in [0.2, 0.25) is 5.82 Å². The fourth-order valence-electron chi connectivity index (χ4n) is 3.32. The average Bonchev–Trinajstić information content (AvgIpc) is 3.35. The number of hydrogen-bond acceptors (Lipinski definition) is 3. The summed E-state index contributed by atoms with van der Waals surface area (Å²) in [5.41, 5.74) is 1.25. The van der Waals surface area contributed by atoms with Crippen LogP contribution in [0.25, 0.3) is 5.52 Å². The zero-order chi connectivity index (χ0) is 18.8. The van der Waals surface area contributed by atoms with E-state index in [9.17, 15) is 14.0 Å². The maximum absolute atomic E-state index is 13.8. The van der Waals surface area contributed by atoms with Crippen LogP contribution in [0.1, 0.15) is 39.5 Å². The number of likely N-dealkylation sites (tertiary alicyclic amines) is 1. The van der Waals surface area contributed by atoms with E-state index in [1.807, 2.05) is 0 Å². The molecule has 7 heteroatoms. The second-order valence-corrected chi connectivity index (χ2v) is 6.51. The Kier molecular flexibility index (Phi) is 4.58. The van der Waals surface area contributed by atoms with Gasteiger partial charge < -0.3 is 10.2 Å². The van der Waals surface area contributed by atoms with E-state index in [-0.39, 0.29) is 29.8 Å². The molecule has 0 spiro atoms. The van der Waals surface area contributed by atoms with Crippen LogP contribution in [0.2, 0.25) is 0 Å². The Labute approximate surface area is 155 Å². The number of fused-ring (bicyclic) bond motifs is 1. The van der Waals surface area contributed by atoms with Crippen molar-refractivity contribution in [1.82, 2.24) is 19.6 Å². The number of halogens is 1. The lowest BCUT2D eigenvalue weighted by Crippen LogP contribution is -2.28. The number of rotatable bonds is 4. The summed E-state index contributed by atoms with van der Waals surface area (Å²) in [7, 11) is 0. The van der Waals surface area contributed by atoms with Gasteiger partial charge in [-0.05, 0) is 31.0 Å². The van der Waals surface area contributed by atoms with Crippen molar-refractivity contribution in [2.45, 2.75) is 19.4 Å². The van der Waals surface area contributed by atoms with Crippen LogP contribution in [-0.2, 0) is 6.54 Å². The van der Waals surface area contributed by atoms with Crippen LogP contribution in [0.4, 0.5) is 4.39 Å². The zero-order valence-corrected chi connectivity index (χ0v) is 14.7. The first-order valence-electron chi connectivity index (χ1n) is 8.93. The van der Waals surface area contributed by atoms with E-state index in [0.717, 1.165) is 12.8 Å². The molecule has 2 amide bonds. The van der Waals surface area contributed by atoms with Crippen LogP contribution in [0.5, 0.6) is 0 Å². The Balaban J connectivity index is 1.62. The van der Waals surface area contributed by atoms with Crippen molar-refractivity contribution in [3.05, 3.63) is 71.6 Å². The van der Waals surface area contributed by atoms with Crippen LogP contribution in [0, 0.1) is 5.82 Å². The quantitative estimate of drug-likeness (QED) is 0.772. The summed E-state index contributed by atoms with van der Waals surface area (Å²) in [5.74, 6) is -0.885. The highest BCUT2D eigenvalue weighted by Gasteiger charge is 2.26. The number of carbonyl (C=O) groups is 2. The number of amides is 2. The molecule has 1 aromatic carbocycles. The van der Waals surface area contributed by atoms with Gasteiger partial charge in [0.25, 0.3) is 11.8 Å².